The number of esters is 1. The molecule has 0 spiro atoms. The van der Waals surface area contributed by atoms with Gasteiger partial charge in [-0.3, -0.25) is 14.5 Å². The smallest absolute Gasteiger partial charge is 0.311 e. The number of methoxy groups -OCH3 is 1. The topological polar surface area (TPSA) is 59.5 Å². The molecule has 5 nitrogen and oxygen atoms in total. The molecule has 1 fully saturated rings. The van der Waals surface area contributed by atoms with Crippen molar-refractivity contribution in [2.24, 2.45) is 5.92 Å². The van der Waals surface area contributed by atoms with Gasteiger partial charge in [0.2, 0.25) is 5.91 Å². The average molecular weight is 387 g/mol. The van der Waals surface area contributed by atoms with E-state index in [1.54, 1.807) is 16.2 Å². The van der Waals surface area contributed by atoms with Gasteiger partial charge in [-0.25, -0.2) is 4.98 Å². The van der Waals surface area contributed by atoms with E-state index < -0.39 is 5.92 Å². The molecule has 3 heterocycles. The summed E-state index contributed by atoms with van der Waals surface area (Å²) < 4.78 is 5.70. The molecule has 2 aromatic heterocycles. The Morgan fingerprint density at radius 2 is 2.33 bits per heavy atom. The lowest BCUT2D eigenvalue weighted by Crippen LogP contribution is -2.26. The fourth-order valence-electron chi connectivity index (χ4n) is 2.19. The lowest BCUT2D eigenvalue weighted by molar-refractivity contribution is -0.145. The number of carbonyl (C=O) groups excluding carboxylic acids is 2. The van der Waals surface area contributed by atoms with Crippen LogP contribution in [0.4, 0.5) is 5.13 Å². The zero-order valence-corrected chi connectivity index (χ0v) is 14.3. The van der Waals surface area contributed by atoms with Crippen LogP contribution in [0.5, 0.6) is 0 Å². The largest absolute Gasteiger partial charge is 0.469 e. The molecule has 1 atom stereocenters. The van der Waals surface area contributed by atoms with E-state index in [4.69, 9.17) is 4.74 Å². The van der Waals surface area contributed by atoms with Crippen molar-refractivity contribution in [2.45, 2.75) is 6.42 Å². The molecule has 21 heavy (non-hydrogen) atoms. The third kappa shape index (κ3) is 2.75. The molecule has 1 aliphatic rings. The first kappa shape index (κ1) is 14.7. The second kappa shape index (κ2) is 5.86. The van der Waals surface area contributed by atoms with E-state index in [1.165, 1.54) is 18.4 Å². The van der Waals surface area contributed by atoms with Crippen molar-refractivity contribution in [3.8, 4) is 10.6 Å². The normalized spacial score (nSPS) is 18.3. The minimum Gasteiger partial charge on any atom is -0.469 e. The highest BCUT2D eigenvalue weighted by molar-refractivity contribution is 9.10. The van der Waals surface area contributed by atoms with Gasteiger partial charge < -0.3 is 4.74 Å². The number of thiophene rings is 1. The second-order valence-electron chi connectivity index (χ2n) is 4.54. The zero-order chi connectivity index (χ0) is 15.0. The third-order valence-corrected chi connectivity index (χ3v) is 5.96. The zero-order valence-electron chi connectivity index (χ0n) is 11.0. The van der Waals surface area contributed by atoms with Crippen molar-refractivity contribution in [1.29, 1.82) is 0 Å². The molecule has 0 bridgehead atoms. The summed E-state index contributed by atoms with van der Waals surface area (Å²) in [5, 5.41) is 4.53. The van der Waals surface area contributed by atoms with E-state index in [1.807, 2.05) is 16.8 Å². The minimum atomic E-state index is -0.400. The van der Waals surface area contributed by atoms with Gasteiger partial charge in [-0.2, -0.15) is 0 Å². The van der Waals surface area contributed by atoms with Crippen molar-refractivity contribution in [1.82, 2.24) is 4.98 Å². The predicted octanol–water partition coefficient (Wildman–Crippen LogP) is 3.16. The molecule has 2 aromatic rings. The van der Waals surface area contributed by atoms with Gasteiger partial charge >= 0.3 is 5.97 Å². The highest BCUT2D eigenvalue weighted by Crippen LogP contribution is 2.37. The van der Waals surface area contributed by atoms with Crippen LogP contribution >= 0.6 is 38.6 Å². The van der Waals surface area contributed by atoms with E-state index in [2.05, 4.69) is 20.9 Å². The molecule has 0 N–H and O–H groups in total. The summed E-state index contributed by atoms with van der Waals surface area (Å²) in [5.41, 5.74) is 0.839. The summed E-state index contributed by atoms with van der Waals surface area (Å²) in [4.78, 5) is 30.7. The van der Waals surface area contributed by atoms with Crippen LogP contribution in [0.1, 0.15) is 6.42 Å². The number of halogens is 1. The van der Waals surface area contributed by atoms with Crippen LogP contribution in [0, 0.1) is 5.92 Å². The number of rotatable bonds is 3. The number of carbonyl (C=O) groups is 2. The minimum absolute atomic E-state index is 0.0865. The van der Waals surface area contributed by atoms with Crippen molar-refractivity contribution in [3.05, 3.63) is 21.3 Å². The van der Waals surface area contributed by atoms with Gasteiger partial charge in [0.1, 0.15) is 0 Å². The van der Waals surface area contributed by atoms with Gasteiger partial charge in [0.05, 0.1) is 23.6 Å². The summed E-state index contributed by atoms with van der Waals surface area (Å²) in [6.07, 6.45) is 0.185. The van der Waals surface area contributed by atoms with Crippen LogP contribution in [0.15, 0.2) is 21.3 Å². The Morgan fingerprint density at radius 3 is 3.00 bits per heavy atom. The monoisotopic (exact) mass is 386 g/mol. The molecule has 0 aliphatic carbocycles. The number of ether oxygens (including phenoxy) is 1. The maximum atomic E-state index is 12.0. The molecule has 1 unspecified atom stereocenters. The summed E-state index contributed by atoms with van der Waals surface area (Å²) >= 11 is 6.47. The Balaban J connectivity index is 1.82. The number of aromatic nitrogens is 1. The van der Waals surface area contributed by atoms with Crippen molar-refractivity contribution < 1.29 is 14.3 Å². The fraction of sp³-hybridized carbons (Fsp3) is 0.308. The number of thiazole rings is 1. The van der Waals surface area contributed by atoms with E-state index in [-0.39, 0.29) is 18.3 Å². The number of hydrogen-bond acceptors (Lipinski definition) is 6. The predicted molar refractivity (Wildman–Crippen MR) is 85.6 cm³/mol. The average Bonchev–Trinajstić information content (AvgIpc) is 3.16. The highest BCUT2D eigenvalue weighted by Gasteiger charge is 2.37. The molecule has 0 aromatic carbocycles. The summed E-state index contributed by atoms with van der Waals surface area (Å²) in [6, 6.07) is 1.97. The Bertz CT molecular complexity index is 697. The Labute approximate surface area is 137 Å². The first-order valence-electron chi connectivity index (χ1n) is 6.17. The quantitative estimate of drug-likeness (QED) is 0.760. The van der Waals surface area contributed by atoms with Crippen LogP contribution in [0.25, 0.3) is 10.6 Å². The van der Waals surface area contributed by atoms with E-state index in [0.29, 0.717) is 11.7 Å². The number of nitrogens with zero attached hydrogens (tertiary/aromatic N) is 2. The van der Waals surface area contributed by atoms with Crippen LogP contribution in [0.2, 0.25) is 0 Å². The SMILES string of the molecule is COC(=O)C1CC(=O)N(c2nc(-c3sccc3Br)cs2)C1. The van der Waals surface area contributed by atoms with Crippen LogP contribution < -0.4 is 4.90 Å². The summed E-state index contributed by atoms with van der Waals surface area (Å²) in [5.74, 6) is -0.830. The summed E-state index contributed by atoms with van der Waals surface area (Å²) in [6.45, 7) is 0.337. The maximum Gasteiger partial charge on any atom is 0.311 e. The van der Waals surface area contributed by atoms with Crippen molar-refractivity contribution >= 4 is 55.6 Å². The van der Waals surface area contributed by atoms with Crippen LogP contribution in [-0.4, -0.2) is 30.5 Å². The molecule has 1 saturated heterocycles. The lowest BCUT2D eigenvalue weighted by Gasteiger charge is -2.11. The molecular formula is C13H11BrN2O3S2. The number of amides is 1. The fourth-order valence-corrected chi connectivity index (χ4v) is 4.64. The molecule has 1 aliphatic heterocycles. The molecule has 8 heteroatoms. The second-order valence-corrected chi connectivity index (χ2v) is 7.15. The van der Waals surface area contributed by atoms with Gasteiger partial charge in [-0.1, -0.05) is 0 Å². The molecular weight excluding hydrogens is 376 g/mol. The van der Waals surface area contributed by atoms with Crippen LogP contribution in [0.3, 0.4) is 0 Å². The van der Waals surface area contributed by atoms with Crippen LogP contribution in [-0.2, 0) is 14.3 Å². The highest BCUT2D eigenvalue weighted by atomic mass is 79.9. The number of hydrogen-bond donors (Lipinski definition) is 0. The summed E-state index contributed by atoms with van der Waals surface area (Å²) in [7, 11) is 1.34. The van der Waals surface area contributed by atoms with Gasteiger partial charge in [-0.05, 0) is 27.4 Å². The van der Waals surface area contributed by atoms with Gasteiger partial charge in [-0.15, -0.1) is 22.7 Å². The van der Waals surface area contributed by atoms with Gasteiger partial charge in [0.15, 0.2) is 5.13 Å². The van der Waals surface area contributed by atoms with E-state index in [9.17, 15) is 9.59 Å². The molecule has 0 radical (unpaired) electrons. The Hall–Kier alpha value is -1.25. The van der Waals surface area contributed by atoms with Gasteiger partial charge in [0, 0.05) is 22.8 Å². The molecule has 1 amide bonds. The number of anilines is 1. The Morgan fingerprint density at radius 1 is 1.52 bits per heavy atom. The van der Waals surface area contributed by atoms with Crippen molar-refractivity contribution in [2.75, 3.05) is 18.6 Å². The lowest BCUT2D eigenvalue weighted by atomic mass is 10.1. The molecule has 3 rings (SSSR count). The first-order chi connectivity index (χ1) is 10.1. The van der Waals surface area contributed by atoms with E-state index in [0.717, 1.165) is 15.0 Å². The van der Waals surface area contributed by atoms with Gasteiger partial charge in [0.25, 0.3) is 0 Å². The molecule has 0 saturated carbocycles. The Kier molecular flexibility index (Phi) is 4.10. The van der Waals surface area contributed by atoms with E-state index >= 15 is 0 Å². The van der Waals surface area contributed by atoms with Crippen molar-refractivity contribution in [3.63, 3.8) is 0 Å². The first-order valence-corrected chi connectivity index (χ1v) is 8.72. The standard InChI is InChI=1S/C13H11BrN2O3S2/c1-19-12(18)7-4-10(17)16(5-7)13-15-9(6-21-13)11-8(14)2-3-20-11/h2-3,6-7H,4-5H2,1H3. The maximum absolute atomic E-state index is 12.0. The molecule has 110 valence electrons. The third-order valence-electron chi connectivity index (χ3n) is 3.23.